The van der Waals surface area contributed by atoms with Crippen LogP contribution in [0.5, 0.6) is 5.75 Å². The molecule has 2 N–H and O–H groups in total. The molecule has 16 heavy (non-hydrogen) atoms. The van der Waals surface area contributed by atoms with Crippen LogP contribution >= 0.6 is 11.6 Å². The predicted octanol–water partition coefficient (Wildman–Crippen LogP) is 3.33. The van der Waals surface area contributed by atoms with Gasteiger partial charge in [0.1, 0.15) is 5.75 Å². The van der Waals surface area contributed by atoms with Gasteiger partial charge in [0.25, 0.3) is 0 Å². The highest BCUT2D eigenvalue weighted by Gasteiger charge is 2.14. The summed E-state index contributed by atoms with van der Waals surface area (Å²) in [7, 11) is 0. The summed E-state index contributed by atoms with van der Waals surface area (Å²) < 4.78 is 0. The minimum absolute atomic E-state index is 0.323. The first kappa shape index (κ1) is 11.7. The van der Waals surface area contributed by atoms with Crippen molar-refractivity contribution >= 4 is 11.6 Å². The topological polar surface area (TPSA) is 32.3 Å². The Morgan fingerprint density at radius 1 is 1.31 bits per heavy atom. The van der Waals surface area contributed by atoms with Crippen LogP contribution in [0.3, 0.4) is 0 Å². The van der Waals surface area contributed by atoms with Gasteiger partial charge in [0, 0.05) is 17.1 Å². The smallest absolute Gasteiger partial charge is 0.120 e. The largest absolute Gasteiger partial charge is 0.508 e. The molecule has 0 amide bonds. The second-order valence-electron chi connectivity index (χ2n) is 4.55. The molecule has 1 aliphatic carbocycles. The van der Waals surface area contributed by atoms with Gasteiger partial charge in [-0.25, -0.2) is 0 Å². The Morgan fingerprint density at radius 2 is 2.06 bits per heavy atom. The maximum atomic E-state index is 9.63. The number of nitrogens with one attached hydrogen (secondary N) is 1. The third kappa shape index (κ3) is 3.13. The summed E-state index contributed by atoms with van der Waals surface area (Å²) in [6.45, 7) is 1.74. The normalized spacial score (nSPS) is 16.8. The second kappa shape index (κ2) is 5.55. The van der Waals surface area contributed by atoms with Crippen LogP contribution in [0.1, 0.15) is 31.2 Å². The fourth-order valence-corrected chi connectivity index (χ4v) is 2.52. The van der Waals surface area contributed by atoms with Gasteiger partial charge in [0.05, 0.1) is 0 Å². The fraction of sp³-hybridized carbons (Fsp3) is 0.538. The predicted molar refractivity (Wildman–Crippen MR) is 66.8 cm³/mol. The Kier molecular flexibility index (Phi) is 4.08. The van der Waals surface area contributed by atoms with Crippen LogP contribution in [0.25, 0.3) is 0 Å². The molecule has 1 aromatic rings. The molecule has 0 heterocycles. The van der Waals surface area contributed by atoms with Crippen molar-refractivity contribution in [2.75, 3.05) is 6.54 Å². The van der Waals surface area contributed by atoms with E-state index in [9.17, 15) is 5.11 Å². The van der Waals surface area contributed by atoms with E-state index in [1.807, 2.05) is 6.07 Å². The molecule has 0 aromatic heterocycles. The molecule has 1 saturated carbocycles. The van der Waals surface area contributed by atoms with Crippen LogP contribution in [0.2, 0.25) is 5.02 Å². The second-order valence-corrected chi connectivity index (χ2v) is 4.99. The average molecular weight is 240 g/mol. The molecule has 2 nitrogen and oxygen atoms in total. The van der Waals surface area contributed by atoms with Gasteiger partial charge >= 0.3 is 0 Å². The lowest BCUT2D eigenvalue weighted by Gasteiger charge is -2.11. The molecule has 0 bridgehead atoms. The van der Waals surface area contributed by atoms with Gasteiger partial charge in [-0.15, -0.1) is 0 Å². The molecule has 0 saturated heterocycles. The molecule has 1 aromatic carbocycles. The first-order chi connectivity index (χ1) is 7.75. The number of rotatable bonds is 4. The van der Waals surface area contributed by atoms with Crippen molar-refractivity contribution in [3.05, 3.63) is 28.8 Å². The third-order valence-electron chi connectivity index (χ3n) is 3.26. The average Bonchev–Trinajstić information content (AvgIpc) is 2.76. The van der Waals surface area contributed by atoms with Crippen molar-refractivity contribution in [2.24, 2.45) is 5.92 Å². The molecular weight excluding hydrogens is 222 g/mol. The summed E-state index contributed by atoms with van der Waals surface area (Å²) in [4.78, 5) is 0. The van der Waals surface area contributed by atoms with E-state index in [4.69, 9.17) is 11.6 Å². The summed E-state index contributed by atoms with van der Waals surface area (Å²) in [5.74, 6) is 1.14. The molecule has 3 heteroatoms. The summed E-state index contributed by atoms with van der Waals surface area (Å²) in [6, 6.07) is 5.17. The van der Waals surface area contributed by atoms with Crippen molar-refractivity contribution in [1.29, 1.82) is 0 Å². The lowest BCUT2D eigenvalue weighted by Crippen LogP contribution is -2.20. The van der Waals surface area contributed by atoms with Gasteiger partial charge in [-0.2, -0.15) is 0 Å². The van der Waals surface area contributed by atoms with E-state index in [2.05, 4.69) is 5.32 Å². The zero-order valence-electron chi connectivity index (χ0n) is 9.38. The van der Waals surface area contributed by atoms with E-state index in [0.717, 1.165) is 18.0 Å². The van der Waals surface area contributed by atoms with Gasteiger partial charge in [0.2, 0.25) is 0 Å². The van der Waals surface area contributed by atoms with Crippen molar-refractivity contribution in [1.82, 2.24) is 5.32 Å². The zero-order chi connectivity index (χ0) is 11.4. The first-order valence-corrected chi connectivity index (χ1v) is 6.31. The Labute approximate surface area is 102 Å². The Bertz CT molecular complexity index is 348. The van der Waals surface area contributed by atoms with Gasteiger partial charge in [-0.3, -0.25) is 0 Å². The highest BCUT2D eigenvalue weighted by atomic mass is 35.5. The fourth-order valence-electron chi connectivity index (χ4n) is 2.32. The number of phenolic OH excluding ortho intramolecular Hbond substituents is 1. The lowest BCUT2D eigenvalue weighted by molar-refractivity contribution is 0.454. The van der Waals surface area contributed by atoms with E-state index in [0.29, 0.717) is 17.3 Å². The Balaban J connectivity index is 1.82. The maximum absolute atomic E-state index is 9.63. The lowest BCUT2D eigenvalue weighted by atomic mass is 10.1. The SMILES string of the molecule is Oc1ccc(Cl)cc1CNCC1CCCC1. The van der Waals surface area contributed by atoms with Crippen LogP contribution in [0.4, 0.5) is 0 Å². The Morgan fingerprint density at radius 3 is 2.81 bits per heavy atom. The first-order valence-electron chi connectivity index (χ1n) is 5.94. The van der Waals surface area contributed by atoms with Crippen LogP contribution in [0, 0.1) is 5.92 Å². The van der Waals surface area contributed by atoms with Crippen molar-refractivity contribution in [3.8, 4) is 5.75 Å². The molecule has 1 aliphatic rings. The van der Waals surface area contributed by atoms with Gasteiger partial charge in [-0.05, 0) is 43.5 Å². The van der Waals surface area contributed by atoms with Crippen LogP contribution < -0.4 is 5.32 Å². The molecule has 0 aliphatic heterocycles. The summed E-state index contributed by atoms with van der Waals surface area (Å²) in [5, 5.41) is 13.7. The van der Waals surface area contributed by atoms with Crippen LogP contribution in [0.15, 0.2) is 18.2 Å². The van der Waals surface area contributed by atoms with E-state index in [1.165, 1.54) is 25.7 Å². The molecule has 2 rings (SSSR count). The summed E-state index contributed by atoms with van der Waals surface area (Å²) >= 11 is 5.88. The number of benzene rings is 1. The van der Waals surface area contributed by atoms with Crippen molar-refractivity contribution in [2.45, 2.75) is 32.2 Å². The Hall–Kier alpha value is -0.730. The molecule has 0 unspecified atom stereocenters. The molecule has 88 valence electrons. The van der Waals surface area contributed by atoms with Gasteiger partial charge in [0.15, 0.2) is 0 Å². The van der Waals surface area contributed by atoms with Crippen LogP contribution in [-0.4, -0.2) is 11.7 Å². The number of halogens is 1. The number of phenols is 1. The quantitative estimate of drug-likeness (QED) is 0.845. The molecule has 0 radical (unpaired) electrons. The van der Waals surface area contributed by atoms with Crippen LogP contribution in [-0.2, 0) is 6.54 Å². The monoisotopic (exact) mass is 239 g/mol. The van der Waals surface area contributed by atoms with E-state index in [1.54, 1.807) is 12.1 Å². The highest BCUT2D eigenvalue weighted by molar-refractivity contribution is 6.30. The molecule has 1 fully saturated rings. The minimum atomic E-state index is 0.323. The maximum Gasteiger partial charge on any atom is 0.120 e. The summed E-state index contributed by atoms with van der Waals surface area (Å²) in [6.07, 6.45) is 5.42. The van der Waals surface area contributed by atoms with Gasteiger partial charge in [-0.1, -0.05) is 24.4 Å². The molecule has 0 spiro atoms. The van der Waals surface area contributed by atoms with E-state index < -0.39 is 0 Å². The summed E-state index contributed by atoms with van der Waals surface area (Å²) in [5.41, 5.74) is 0.880. The number of hydrogen-bond donors (Lipinski definition) is 2. The standard InChI is InChI=1S/C13H18ClNO/c14-12-5-6-13(16)11(7-12)9-15-8-10-3-1-2-4-10/h5-7,10,15-16H,1-4,8-9H2. The van der Waals surface area contributed by atoms with Gasteiger partial charge < -0.3 is 10.4 Å². The van der Waals surface area contributed by atoms with E-state index >= 15 is 0 Å². The molecule has 0 atom stereocenters. The number of aromatic hydroxyl groups is 1. The van der Waals surface area contributed by atoms with E-state index in [-0.39, 0.29) is 0 Å². The zero-order valence-corrected chi connectivity index (χ0v) is 10.1. The number of hydrogen-bond acceptors (Lipinski definition) is 2. The van der Waals surface area contributed by atoms with Crippen molar-refractivity contribution in [3.63, 3.8) is 0 Å². The molecular formula is C13H18ClNO. The highest BCUT2D eigenvalue weighted by Crippen LogP contribution is 2.24. The minimum Gasteiger partial charge on any atom is -0.508 e. The third-order valence-corrected chi connectivity index (χ3v) is 3.50. The van der Waals surface area contributed by atoms with Crippen molar-refractivity contribution < 1.29 is 5.11 Å².